The van der Waals surface area contributed by atoms with Crippen molar-refractivity contribution in [2.24, 2.45) is 0 Å². The molecule has 0 bridgehead atoms. The van der Waals surface area contributed by atoms with Crippen LogP contribution in [0.2, 0.25) is 0 Å². The molecule has 0 radical (unpaired) electrons. The fourth-order valence-corrected chi connectivity index (χ4v) is 3.97. The molecule has 0 fully saturated rings. The van der Waals surface area contributed by atoms with Crippen LogP contribution in [0.1, 0.15) is 12.5 Å². The van der Waals surface area contributed by atoms with Crippen LogP contribution in [-0.4, -0.2) is 32.5 Å². The van der Waals surface area contributed by atoms with Crippen molar-refractivity contribution in [1.29, 1.82) is 0 Å². The molecule has 5 nitrogen and oxygen atoms in total. The summed E-state index contributed by atoms with van der Waals surface area (Å²) in [5, 5.41) is 12.1. The summed E-state index contributed by atoms with van der Waals surface area (Å²) in [5.41, 5.74) is 2.24. The molecule has 1 aromatic heterocycles. The highest BCUT2D eigenvalue weighted by atomic mass is 79.9. The van der Waals surface area contributed by atoms with Crippen LogP contribution < -0.4 is 5.32 Å². The summed E-state index contributed by atoms with van der Waals surface area (Å²) in [4.78, 5) is 12.3. The second kappa shape index (κ2) is 10.4. The third-order valence-corrected chi connectivity index (χ3v) is 5.97. The minimum atomic E-state index is -0.285. The van der Waals surface area contributed by atoms with Crippen molar-refractivity contribution in [3.63, 3.8) is 0 Å². The number of thioether (sulfide) groups is 1. The Labute approximate surface area is 183 Å². The van der Waals surface area contributed by atoms with E-state index in [9.17, 15) is 4.79 Å². The van der Waals surface area contributed by atoms with E-state index >= 15 is 0 Å². The van der Waals surface area contributed by atoms with Gasteiger partial charge in [0.15, 0.2) is 11.0 Å². The van der Waals surface area contributed by atoms with Gasteiger partial charge in [0.05, 0.1) is 5.25 Å². The van der Waals surface area contributed by atoms with Crippen molar-refractivity contribution >= 4 is 33.6 Å². The lowest BCUT2D eigenvalue weighted by molar-refractivity contribution is -0.120. The molecular formula is C22H23BrN4OS. The quantitative estimate of drug-likeness (QED) is 0.362. The Morgan fingerprint density at radius 1 is 1.21 bits per heavy atom. The van der Waals surface area contributed by atoms with Gasteiger partial charge in [-0.05, 0) is 31.0 Å². The molecule has 0 aliphatic carbocycles. The SMILES string of the molecule is C=CCNC(=O)C(C)Sc1nnc(-c2ccc(Br)cc2)n1CCc1ccccc1. The van der Waals surface area contributed by atoms with Crippen molar-refractivity contribution in [2.45, 2.75) is 30.3 Å². The number of aryl methyl sites for hydroxylation is 1. The average molecular weight is 471 g/mol. The van der Waals surface area contributed by atoms with Gasteiger partial charge in [-0.1, -0.05) is 76.2 Å². The number of benzene rings is 2. The molecule has 29 heavy (non-hydrogen) atoms. The minimum Gasteiger partial charge on any atom is -0.352 e. The Hall–Kier alpha value is -2.38. The largest absolute Gasteiger partial charge is 0.352 e. The van der Waals surface area contributed by atoms with Gasteiger partial charge in [-0.15, -0.1) is 16.8 Å². The number of hydrogen-bond donors (Lipinski definition) is 1. The summed E-state index contributed by atoms with van der Waals surface area (Å²) >= 11 is 4.89. The Kier molecular flexibility index (Phi) is 7.66. The fourth-order valence-electron chi connectivity index (χ4n) is 2.80. The molecule has 1 amide bonds. The molecule has 7 heteroatoms. The van der Waals surface area contributed by atoms with Gasteiger partial charge < -0.3 is 9.88 Å². The fraction of sp³-hybridized carbons (Fsp3) is 0.227. The van der Waals surface area contributed by atoms with Gasteiger partial charge in [-0.3, -0.25) is 4.79 Å². The van der Waals surface area contributed by atoms with Crippen LogP contribution in [-0.2, 0) is 17.8 Å². The van der Waals surface area contributed by atoms with Crippen molar-refractivity contribution in [3.8, 4) is 11.4 Å². The van der Waals surface area contributed by atoms with Gasteiger partial charge in [0, 0.05) is 23.1 Å². The summed E-state index contributed by atoms with van der Waals surface area (Å²) < 4.78 is 3.11. The third kappa shape index (κ3) is 5.81. The van der Waals surface area contributed by atoms with Crippen molar-refractivity contribution in [2.75, 3.05) is 6.54 Å². The molecule has 3 aromatic rings. The van der Waals surface area contributed by atoms with Crippen LogP contribution in [0.4, 0.5) is 0 Å². The van der Waals surface area contributed by atoms with Gasteiger partial charge in [0.25, 0.3) is 0 Å². The molecule has 0 saturated carbocycles. The van der Waals surface area contributed by atoms with Crippen LogP contribution in [0.5, 0.6) is 0 Å². The molecule has 0 aliphatic heterocycles. The summed E-state index contributed by atoms with van der Waals surface area (Å²) in [6, 6.07) is 18.3. The summed E-state index contributed by atoms with van der Waals surface area (Å²) in [6.07, 6.45) is 2.52. The van der Waals surface area contributed by atoms with Gasteiger partial charge in [-0.25, -0.2) is 0 Å². The van der Waals surface area contributed by atoms with Crippen LogP contribution in [0.3, 0.4) is 0 Å². The lowest BCUT2D eigenvalue weighted by Crippen LogP contribution is -2.31. The topological polar surface area (TPSA) is 59.8 Å². The predicted molar refractivity (Wildman–Crippen MR) is 122 cm³/mol. The average Bonchev–Trinajstić information content (AvgIpc) is 3.14. The molecule has 0 spiro atoms. The normalized spacial score (nSPS) is 11.8. The third-order valence-electron chi connectivity index (χ3n) is 4.36. The number of carbonyl (C=O) groups is 1. The van der Waals surface area contributed by atoms with E-state index in [2.05, 4.69) is 54.7 Å². The van der Waals surface area contributed by atoms with Crippen molar-refractivity contribution < 1.29 is 4.79 Å². The highest BCUT2D eigenvalue weighted by molar-refractivity contribution is 9.10. The Balaban J connectivity index is 1.85. The van der Waals surface area contributed by atoms with Crippen LogP contribution >= 0.6 is 27.7 Å². The number of halogens is 1. The van der Waals surface area contributed by atoms with Gasteiger partial charge in [-0.2, -0.15) is 0 Å². The monoisotopic (exact) mass is 470 g/mol. The van der Waals surface area contributed by atoms with Crippen molar-refractivity contribution in [1.82, 2.24) is 20.1 Å². The Morgan fingerprint density at radius 2 is 1.93 bits per heavy atom. The molecule has 1 unspecified atom stereocenters. The van der Waals surface area contributed by atoms with E-state index in [1.165, 1.54) is 17.3 Å². The zero-order chi connectivity index (χ0) is 20.6. The number of amides is 1. The first kappa shape index (κ1) is 21.3. The number of aromatic nitrogens is 3. The summed E-state index contributed by atoms with van der Waals surface area (Å²) in [7, 11) is 0. The van der Waals surface area contributed by atoms with Crippen molar-refractivity contribution in [3.05, 3.63) is 77.3 Å². The molecule has 3 rings (SSSR count). The maximum absolute atomic E-state index is 12.3. The van der Waals surface area contributed by atoms with Crippen LogP contribution in [0.15, 0.2) is 76.9 Å². The molecule has 1 atom stereocenters. The van der Waals surface area contributed by atoms with Gasteiger partial charge >= 0.3 is 0 Å². The number of nitrogens with zero attached hydrogens (tertiary/aromatic N) is 3. The highest BCUT2D eigenvalue weighted by Crippen LogP contribution is 2.28. The van der Waals surface area contributed by atoms with E-state index in [0.29, 0.717) is 6.54 Å². The van der Waals surface area contributed by atoms with E-state index < -0.39 is 0 Å². The second-order valence-electron chi connectivity index (χ2n) is 6.49. The number of rotatable bonds is 9. The zero-order valence-corrected chi connectivity index (χ0v) is 18.6. The molecule has 0 aliphatic rings. The molecule has 1 N–H and O–H groups in total. The maximum atomic E-state index is 12.3. The van der Waals surface area contributed by atoms with E-state index in [4.69, 9.17) is 0 Å². The van der Waals surface area contributed by atoms with Crippen LogP contribution in [0, 0.1) is 0 Å². The highest BCUT2D eigenvalue weighted by Gasteiger charge is 2.20. The lowest BCUT2D eigenvalue weighted by atomic mass is 10.1. The number of carbonyl (C=O) groups excluding carboxylic acids is 1. The Bertz CT molecular complexity index is 957. The number of hydrogen-bond acceptors (Lipinski definition) is 4. The standard InChI is InChI=1S/C22H23BrN4OS/c1-3-14-24-21(28)16(2)29-22-26-25-20(18-9-11-19(23)12-10-18)27(22)15-13-17-7-5-4-6-8-17/h3-12,16H,1,13-15H2,2H3,(H,24,28). The zero-order valence-electron chi connectivity index (χ0n) is 16.2. The molecule has 0 saturated heterocycles. The molecule has 150 valence electrons. The predicted octanol–water partition coefficient (Wildman–Crippen LogP) is 4.73. The van der Waals surface area contributed by atoms with E-state index in [0.717, 1.165) is 34.0 Å². The molecule has 1 heterocycles. The smallest absolute Gasteiger partial charge is 0.233 e. The summed E-state index contributed by atoms with van der Waals surface area (Å²) in [6.45, 7) is 6.69. The van der Waals surface area contributed by atoms with Gasteiger partial charge in [0.1, 0.15) is 0 Å². The van der Waals surface area contributed by atoms with E-state index in [-0.39, 0.29) is 11.2 Å². The molecular weight excluding hydrogens is 448 g/mol. The number of nitrogens with one attached hydrogen (secondary N) is 1. The second-order valence-corrected chi connectivity index (χ2v) is 8.72. The summed E-state index contributed by atoms with van der Waals surface area (Å²) in [5.74, 6) is 0.757. The first-order valence-corrected chi connectivity index (χ1v) is 11.0. The molecule has 2 aromatic carbocycles. The van der Waals surface area contributed by atoms with Crippen LogP contribution in [0.25, 0.3) is 11.4 Å². The minimum absolute atomic E-state index is 0.0438. The first-order valence-electron chi connectivity index (χ1n) is 9.37. The lowest BCUT2D eigenvalue weighted by Gasteiger charge is -2.13. The van der Waals surface area contributed by atoms with Gasteiger partial charge in [0.2, 0.25) is 5.91 Å². The van der Waals surface area contributed by atoms with E-state index in [1.54, 1.807) is 6.08 Å². The maximum Gasteiger partial charge on any atom is 0.233 e. The van der Waals surface area contributed by atoms with E-state index in [1.807, 2.05) is 49.4 Å². The first-order chi connectivity index (χ1) is 14.1. The Morgan fingerprint density at radius 3 is 2.62 bits per heavy atom.